The Morgan fingerprint density at radius 1 is 1.13 bits per heavy atom. The molecule has 2 unspecified atom stereocenters. The zero-order valence-electron chi connectivity index (χ0n) is 14.3. The highest BCUT2D eigenvalue weighted by Crippen LogP contribution is 2.44. The third kappa shape index (κ3) is 3.25. The van der Waals surface area contributed by atoms with Crippen LogP contribution in [0.5, 0.6) is 5.75 Å². The van der Waals surface area contributed by atoms with Gasteiger partial charge in [-0.15, -0.1) is 12.4 Å². The first-order valence-corrected chi connectivity index (χ1v) is 9.26. The van der Waals surface area contributed by atoms with Crippen LogP contribution in [0.4, 0.5) is 0 Å². The summed E-state index contributed by atoms with van der Waals surface area (Å²) in [5.74, 6) is 2.89. The lowest BCUT2D eigenvalue weighted by Crippen LogP contribution is -2.36. The Labute approximate surface area is 147 Å². The van der Waals surface area contributed by atoms with Crippen LogP contribution in [0.1, 0.15) is 62.0 Å². The number of likely N-dealkylation sites (tertiary alicyclic amines) is 1. The standard InChI is InChI=1S/C20H29NO.ClH/c1-22-20-8-4-7-16-17-12-14-21(19(17)10-9-18(16)20)13-11-15-5-2-3-6-15;/h4,7-8,15,17,19H,2-3,5-6,9-14H2,1H3;1H. The van der Waals surface area contributed by atoms with Crippen molar-refractivity contribution in [2.75, 3.05) is 20.2 Å². The maximum Gasteiger partial charge on any atom is 0.122 e. The van der Waals surface area contributed by atoms with Gasteiger partial charge in [-0.1, -0.05) is 37.8 Å². The van der Waals surface area contributed by atoms with Crippen LogP contribution >= 0.6 is 12.4 Å². The summed E-state index contributed by atoms with van der Waals surface area (Å²) in [6.45, 7) is 2.64. The highest BCUT2D eigenvalue weighted by molar-refractivity contribution is 5.85. The molecule has 2 atom stereocenters. The zero-order chi connectivity index (χ0) is 14.9. The molecule has 1 saturated carbocycles. The first-order chi connectivity index (χ1) is 10.9. The number of methoxy groups -OCH3 is 1. The Balaban J connectivity index is 0.00000156. The SMILES string of the molecule is COc1cccc2c1CCC1C2CCN1CCC1CCCC1.Cl. The Morgan fingerprint density at radius 3 is 2.74 bits per heavy atom. The van der Waals surface area contributed by atoms with Crippen molar-refractivity contribution >= 4 is 12.4 Å². The molecule has 2 fully saturated rings. The highest BCUT2D eigenvalue weighted by atomic mass is 35.5. The van der Waals surface area contributed by atoms with Gasteiger partial charge in [-0.25, -0.2) is 0 Å². The van der Waals surface area contributed by atoms with Crippen molar-refractivity contribution in [3.63, 3.8) is 0 Å². The molecule has 3 aliphatic rings. The highest BCUT2D eigenvalue weighted by Gasteiger charge is 2.39. The number of hydrogen-bond donors (Lipinski definition) is 0. The molecule has 4 rings (SSSR count). The van der Waals surface area contributed by atoms with Gasteiger partial charge in [0.15, 0.2) is 0 Å². The summed E-state index contributed by atoms with van der Waals surface area (Å²) in [7, 11) is 1.81. The van der Waals surface area contributed by atoms with Crippen LogP contribution in [-0.2, 0) is 6.42 Å². The quantitative estimate of drug-likeness (QED) is 0.783. The molecule has 0 amide bonds. The second kappa shape index (κ2) is 7.44. The van der Waals surface area contributed by atoms with E-state index in [0.717, 1.165) is 23.6 Å². The summed E-state index contributed by atoms with van der Waals surface area (Å²) in [5.41, 5.74) is 3.07. The van der Waals surface area contributed by atoms with Crippen molar-refractivity contribution in [1.29, 1.82) is 0 Å². The Hall–Kier alpha value is -0.730. The Bertz CT molecular complexity index is 526. The van der Waals surface area contributed by atoms with E-state index in [-0.39, 0.29) is 12.4 Å². The first kappa shape index (κ1) is 17.1. The van der Waals surface area contributed by atoms with E-state index in [0.29, 0.717) is 0 Å². The van der Waals surface area contributed by atoms with Crippen LogP contribution in [0.15, 0.2) is 18.2 Å². The van der Waals surface area contributed by atoms with Gasteiger partial charge in [0.2, 0.25) is 0 Å². The minimum Gasteiger partial charge on any atom is -0.496 e. The van der Waals surface area contributed by atoms with Gasteiger partial charge < -0.3 is 4.74 Å². The van der Waals surface area contributed by atoms with Crippen LogP contribution in [0, 0.1) is 5.92 Å². The summed E-state index contributed by atoms with van der Waals surface area (Å²) >= 11 is 0. The zero-order valence-corrected chi connectivity index (χ0v) is 15.1. The molecule has 1 heterocycles. The molecule has 0 N–H and O–H groups in total. The number of fused-ring (bicyclic) bond motifs is 3. The molecule has 0 spiro atoms. The lowest BCUT2D eigenvalue weighted by molar-refractivity contribution is 0.210. The van der Waals surface area contributed by atoms with Crippen LogP contribution in [-0.4, -0.2) is 31.1 Å². The van der Waals surface area contributed by atoms with E-state index in [1.807, 2.05) is 7.11 Å². The van der Waals surface area contributed by atoms with Gasteiger partial charge in [0.1, 0.15) is 5.75 Å². The van der Waals surface area contributed by atoms with Crippen molar-refractivity contribution < 1.29 is 4.74 Å². The third-order valence-corrected chi connectivity index (χ3v) is 6.44. The summed E-state index contributed by atoms with van der Waals surface area (Å²) in [6, 6.07) is 7.46. The van der Waals surface area contributed by atoms with Crippen LogP contribution in [0.3, 0.4) is 0 Å². The molecular weight excluding hydrogens is 306 g/mol. The number of ether oxygens (including phenoxy) is 1. The monoisotopic (exact) mass is 335 g/mol. The van der Waals surface area contributed by atoms with Gasteiger partial charge in [0.05, 0.1) is 7.11 Å². The fraction of sp³-hybridized carbons (Fsp3) is 0.700. The van der Waals surface area contributed by atoms with E-state index in [2.05, 4.69) is 23.1 Å². The van der Waals surface area contributed by atoms with E-state index in [9.17, 15) is 0 Å². The number of nitrogens with zero attached hydrogens (tertiary/aromatic N) is 1. The molecule has 1 saturated heterocycles. The van der Waals surface area contributed by atoms with Gasteiger partial charge in [-0.05, 0) is 61.9 Å². The number of benzene rings is 1. The molecule has 3 heteroatoms. The Morgan fingerprint density at radius 2 is 1.96 bits per heavy atom. The predicted octanol–water partition coefficient (Wildman–Crippen LogP) is 4.80. The molecular formula is C20H30ClNO. The number of hydrogen-bond acceptors (Lipinski definition) is 2. The van der Waals surface area contributed by atoms with Gasteiger partial charge >= 0.3 is 0 Å². The molecule has 128 valence electrons. The van der Waals surface area contributed by atoms with Gasteiger partial charge in [-0.2, -0.15) is 0 Å². The minimum atomic E-state index is 0. The van der Waals surface area contributed by atoms with E-state index in [1.165, 1.54) is 70.0 Å². The molecule has 2 nitrogen and oxygen atoms in total. The van der Waals surface area contributed by atoms with Crippen molar-refractivity contribution in [2.45, 2.75) is 63.3 Å². The van der Waals surface area contributed by atoms with Gasteiger partial charge in [0.25, 0.3) is 0 Å². The summed E-state index contributed by atoms with van der Waals surface area (Å²) in [6.07, 6.45) is 11.2. The maximum absolute atomic E-state index is 5.59. The summed E-state index contributed by atoms with van der Waals surface area (Å²) < 4.78 is 5.59. The molecule has 1 aromatic carbocycles. The van der Waals surface area contributed by atoms with Crippen molar-refractivity contribution in [1.82, 2.24) is 4.90 Å². The minimum absolute atomic E-state index is 0. The average Bonchev–Trinajstić information content (AvgIpc) is 3.21. The van der Waals surface area contributed by atoms with Crippen LogP contribution in [0.2, 0.25) is 0 Å². The largest absolute Gasteiger partial charge is 0.496 e. The second-order valence-corrected chi connectivity index (χ2v) is 7.50. The summed E-state index contributed by atoms with van der Waals surface area (Å²) in [5, 5.41) is 0. The molecule has 23 heavy (non-hydrogen) atoms. The molecule has 1 aliphatic heterocycles. The smallest absolute Gasteiger partial charge is 0.122 e. The summed E-state index contributed by atoms with van der Waals surface area (Å²) in [4.78, 5) is 2.81. The first-order valence-electron chi connectivity index (χ1n) is 9.26. The molecule has 0 bridgehead atoms. The average molecular weight is 336 g/mol. The second-order valence-electron chi connectivity index (χ2n) is 7.50. The van der Waals surface area contributed by atoms with E-state index in [4.69, 9.17) is 4.74 Å². The van der Waals surface area contributed by atoms with E-state index in [1.54, 1.807) is 5.56 Å². The fourth-order valence-corrected chi connectivity index (χ4v) is 5.27. The number of rotatable bonds is 4. The van der Waals surface area contributed by atoms with E-state index < -0.39 is 0 Å². The fourth-order valence-electron chi connectivity index (χ4n) is 5.27. The number of halogens is 1. The lowest BCUT2D eigenvalue weighted by Gasteiger charge is -2.34. The van der Waals surface area contributed by atoms with Gasteiger partial charge in [-0.3, -0.25) is 4.90 Å². The lowest BCUT2D eigenvalue weighted by atomic mass is 9.79. The van der Waals surface area contributed by atoms with E-state index >= 15 is 0 Å². The van der Waals surface area contributed by atoms with Crippen molar-refractivity contribution in [3.8, 4) is 5.75 Å². The van der Waals surface area contributed by atoms with Gasteiger partial charge in [0, 0.05) is 12.0 Å². The van der Waals surface area contributed by atoms with Crippen molar-refractivity contribution in [2.24, 2.45) is 5.92 Å². The maximum atomic E-state index is 5.59. The van der Waals surface area contributed by atoms with Crippen molar-refractivity contribution in [3.05, 3.63) is 29.3 Å². The molecule has 1 aromatic rings. The molecule has 0 radical (unpaired) electrons. The van der Waals surface area contributed by atoms with Crippen LogP contribution < -0.4 is 4.74 Å². The predicted molar refractivity (Wildman–Crippen MR) is 97.9 cm³/mol. The molecule has 2 aliphatic carbocycles. The Kier molecular flexibility index (Phi) is 5.53. The normalized spacial score (nSPS) is 27.3. The topological polar surface area (TPSA) is 12.5 Å². The molecule has 0 aromatic heterocycles. The van der Waals surface area contributed by atoms with Crippen LogP contribution in [0.25, 0.3) is 0 Å². The third-order valence-electron chi connectivity index (χ3n) is 6.44.